The Morgan fingerprint density at radius 1 is 1.24 bits per heavy atom. The molecule has 21 heavy (non-hydrogen) atoms. The first-order valence-corrected chi connectivity index (χ1v) is 7.99. The van der Waals surface area contributed by atoms with Crippen LogP contribution in [0, 0.1) is 10.1 Å². The number of nitro groups is 1. The van der Waals surface area contributed by atoms with Gasteiger partial charge in [0.25, 0.3) is 5.69 Å². The van der Waals surface area contributed by atoms with Gasteiger partial charge in [0.05, 0.1) is 9.82 Å². The second kappa shape index (κ2) is 5.96. The van der Waals surface area contributed by atoms with E-state index in [0.717, 1.165) is 25.1 Å². The number of nitrogen functional groups attached to an aromatic ring is 1. The normalized spacial score (nSPS) is 18.3. The molecule has 0 amide bonds. The molecule has 0 atom stereocenters. The molecule has 0 bridgehead atoms. The predicted molar refractivity (Wildman–Crippen MR) is 78.4 cm³/mol. The first kappa shape index (κ1) is 15.7. The summed E-state index contributed by atoms with van der Waals surface area (Å²) in [4.78, 5) is 12.2. The van der Waals surface area contributed by atoms with Crippen LogP contribution in [-0.2, 0) is 10.0 Å². The zero-order chi connectivity index (χ0) is 15.6. The molecule has 116 valence electrons. The summed E-state index contributed by atoms with van der Waals surface area (Å²) in [5.41, 5.74) is 5.14. The quantitative estimate of drug-likeness (QED) is 0.494. The lowest BCUT2D eigenvalue weighted by molar-refractivity contribution is -0.383. The Bertz CT molecular complexity index is 647. The summed E-state index contributed by atoms with van der Waals surface area (Å²) in [6, 6.07) is 3.52. The van der Waals surface area contributed by atoms with Crippen molar-refractivity contribution >= 4 is 21.4 Å². The van der Waals surface area contributed by atoms with Gasteiger partial charge >= 0.3 is 0 Å². The van der Waals surface area contributed by atoms with E-state index in [-0.39, 0.29) is 16.3 Å². The first-order chi connectivity index (χ1) is 9.82. The van der Waals surface area contributed by atoms with Gasteiger partial charge in [-0.05, 0) is 32.1 Å². The number of nitrogens with two attached hydrogens (primary N) is 1. The summed E-state index contributed by atoms with van der Waals surface area (Å²) < 4.78 is 26.5. The van der Waals surface area contributed by atoms with Crippen molar-refractivity contribution < 1.29 is 13.3 Å². The van der Waals surface area contributed by atoms with Gasteiger partial charge in [-0.2, -0.15) is 4.31 Å². The van der Waals surface area contributed by atoms with Crippen LogP contribution in [0.25, 0.3) is 0 Å². The summed E-state index contributed by atoms with van der Waals surface area (Å²) >= 11 is 0. The number of rotatable bonds is 3. The summed E-state index contributed by atoms with van der Waals surface area (Å²) in [5, 5.41) is 10.7. The molecule has 1 aromatic carbocycles. The van der Waals surface area contributed by atoms with Crippen LogP contribution in [0.2, 0.25) is 0 Å². The molecule has 8 nitrogen and oxygen atoms in total. The van der Waals surface area contributed by atoms with E-state index in [1.54, 1.807) is 0 Å². The van der Waals surface area contributed by atoms with E-state index in [0.29, 0.717) is 19.6 Å². The van der Waals surface area contributed by atoms with E-state index in [4.69, 9.17) is 5.73 Å². The van der Waals surface area contributed by atoms with E-state index in [9.17, 15) is 18.5 Å². The van der Waals surface area contributed by atoms with Crippen LogP contribution in [0.4, 0.5) is 11.4 Å². The maximum atomic E-state index is 12.6. The highest BCUT2D eigenvalue weighted by Crippen LogP contribution is 2.26. The molecule has 2 rings (SSSR count). The summed E-state index contributed by atoms with van der Waals surface area (Å²) in [7, 11) is -1.73. The first-order valence-electron chi connectivity index (χ1n) is 6.55. The minimum Gasteiger partial charge on any atom is -0.393 e. The summed E-state index contributed by atoms with van der Waals surface area (Å²) in [6.07, 6.45) is 0.748. The van der Waals surface area contributed by atoms with Gasteiger partial charge in [0.1, 0.15) is 5.69 Å². The zero-order valence-corrected chi connectivity index (χ0v) is 12.5. The van der Waals surface area contributed by atoms with Crippen molar-refractivity contribution in [1.29, 1.82) is 0 Å². The van der Waals surface area contributed by atoms with Crippen molar-refractivity contribution in [2.24, 2.45) is 0 Å². The van der Waals surface area contributed by atoms with Gasteiger partial charge in [0, 0.05) is 25.7 Å². The lowest BCUT2D eigenvalue weighted by atomic mass is 10.3. The van der Waals surface area contributed by atoms with E-state index in [1.807, 2.05) is 7.05 Å². The maximum absolute atomic E-state index is 12.6. The smallest absolute Gasteiger partial charge is 0.292 e. The molecule has 0 unspecified atom stereocenters. The van der Waals surface area contributed by atoms with Crippen LogP contribution in [0.1, 0.15) is 6.42 Å². The lowest BCUT2D eigenvalue weighted by Gasteiger charge is -2.20. The maximum Gasteiger partial charge on any atom is 0.292 e. The van der Waals surface area contributed by atoms with Crippen LogP contribution < -0.4 is 5.73 Å². The molecule has 2 N–H and O–H groups in total. The van der Waals surface area contributed by atoms with Crippen molar-refractivity contribution in [3.8, 4) is 0 Å². The molecule has 1 aliphatic heterocycles. The molecule has 1 saturated heterocycles. The lowest BCUT2D eigenvalue weighted by Crippen LogP contribution is -2.34. The SMILES string of the molecule is CN1CCCN(S(=O)(=O)c2ccc([N+](=O)[O-])c(N)c2)CC1. The highest BCUT2D eigenvalue weighted by atomic mass is 32.2. The number of hydrogen-bond donors (Lipinski definition) is 1. The highest BCUT2D eigenvalue weighted by molar-refractivity contribution is 7.89. The Labute approximate surface area is 123 Å². The molecule has 0 aliphatic carbocycles. The van der Waals surface area contributed by atoms with Crippen molar-refractivity contribution in [3.63, 3.8) is 0 Å². The zero-order valence-electron chi connectivity index (χ0n) is 11.7. The number of anilines is 1. The number of nitro benzene ring substituents is 1. The molecular formula is C12H18N4O4S. The third-order valence-corrected chi connectivity index (χ3v) is 5.41. The van der Waals surface area contributed by atoms with Gasteiger partial charge in [-0.1, -0.05) is 0 Å². The van der Waals surface area contributed by atoms with Gasteiger partial charge in [0.2, 0.25) is 10.0 Å². The Balaban J connectivity index is 2.31. The van der Waals surface area contributed by atoms with E-state index < -0.39 is 14.9 Å². The topological polar surface area (TPSA) is 110 Å². The van der Waals surface area contributed by atoms with E-state index in [2.05, 4.69) is 4.90 Å². The molecule has 1 aromatic rings. The van der Waals surface area contributed by atoms with Gasteiger partial charge in [-0.3, -0.25) is 10.1 Å². The fraction of sp³-hybridized carbons (Fsp3) is 0.500. The number of sulfonamides is 1. The van der Waals surface area contributed by atoms with Crippen LogP contribution >= 0.6 is 0 Å². The fourth-order valence-corrected chi connectivity index (χ4v) is 3.78. The van der Waals surface area contributed by atoms with Crippen LogP contribution in [-0.4, -0.2) is 55.8 Å². The van der Waals surface area contributed by atoms with Crippen LogP contribution in [0.3, 0.4) is 0 Å². The molecule has 0 saturated carbocycles. The Morgan fingerprint density at radius 3 is 2.57 bits per heavy atom. The molecular weight excluding hydrogens is 296 g/mol. The predicted octanol–water partition coefficient (Wildman–Crippen LogP) is 0.503. The molecule has 0 spiro atoms. The summed E-state index contributed by atoms with van der Waals surface area (Å²) in [5.74, 6) is 0. The number of hydrogen-bond acceptors (Lipinski definition) is 6. The average Bonchev–Trinajstić information content (AvgIpc) is 2.63. The van der Waals surface area contributed by atoms with Crippen molar-refractivity contribution in [2.45, 2.75) is 11.3 Å². The summed E-state index contributed by atoms with van der Waals surface area (Å²) in [6.45, 7) is 2.33. The number of nitrogens with zero attached hydrogens (tertiary/aromatic N) is 3. The number of likely N-dealkylation sites (N-methyl/N-ethyl adjacent to an activating group) is 1. The molecule has 0 radical (unpaired) electrons. The molecule has 1 aliphatic rings. The highest BCUT2D eigenvalue weighted by Gasteiger charge is 2.27. The van der Waals surface area contributed by atoms with Gasteiger partial charge in [-0.25, -0.2) is 8.42 Å². The van der Waals surface area contributed by atoms with Gasteiger partial charge < -0.3 is 10.6 Å². The second-order valence-electron chi connectivity index (χ2n) is 5.04. The third kappa shape index (κ3) is 3.31. The van der Waals surface area contributed by atoms with Crippen LogP contribution in [0.5, 0.6) is 0 Å². The van der Waals surface area contributed by atoms with Crippen molar-refractivity contribution in [1.82, 2.24) is 9.21 Å². The van der Waals surface area contributed by atoms with E-state index in [1.165, 1.54) is 10.4 Å². The standard InChI is InChI=1S/C12H18N4O4S/c1-14-5-2-6-15(8-7-14)21(19,20)10-3-4-12(16(17)18)11(13)9-10/h3-4,9H,2,5-8,13H2,1H3. The Hall–Kier alpha value is -1.71. The molecule has 0 aromatic heterocycles. The Kier molecular flexibility index (Phi) is 4.45. The minimum absolute atomic E-state index is 0.00449. The Morgan fingerprint density at radius 2 is 1.95 bits per heavy atom. The molecule has 1 fully saturated rings. The van der Waals surface area contributed by atoms with Crippen molar-refractivity contribution in [2.75, 3.05) is 39.0 Å². The fourth-order valence-electron chi connectivity index (χ4n) is 2.27. The minimum atomic E-state index is -3.67. The van der Waals surface area contributed by atoms with Crippen molar-refractivity contribution in [3.05, 3.63) is 28.3 Å². The second-order valence-corrected chi connectivity index (χ2v) is 6.98. The third-order valence-electron chi connectivity index (χ3n) is 3.51. The van der Waals surface area contributed by atoms with E-state index >= 15 is 0 Å². The number of benzene rings is 1. The molecule has 1 heterocycles. The monoisotopic (exact) mass is 314 g/mol. The van der Waals surface area contributed by atoms with Gasteiger partial charge in [0.15, 0.2) is 0 Å². The molecule has 9 heteroatoms. The van der Waals surface area contributed by atoms with Crippen LogP contribution in [0.15, 0.2) is 23.1 Å². The largest absolute Gasteiger partial charge is 0.393 e. The average molecular weight is 314 g/mol. The van der Waals surface area contributed by atoms with Gasteiger partial charge in [-0.15, -0.1) is 0 Å².